The van der Waals surface area contributed by atoms with Crippen LogP contribution in [0.3, 0.4) is 0 Å². The first kappa shape index (κ1) is 13.3. The topological polar surface area (TPSA) is 42.2 Å². The number of carbonyl (C=O) groups excluding carboxylic acids is 1. The molecular weight excluding hydrogens is 257 g/mol. The average Bonchev–Trinajstić information content (AvgIpc) is 3.04. The van der Waals surface area contributed by atoms with E-state index in [2.05, 4.69) is 19.2 Å². The summed E-state index contributed by atoms with van der Waals surface area (Å²) in [6.45, 7) is 5.65. The second-order valence-electron chi connectivity index (χ2n) is 5.86. The number of carbonyl (C=O) groups is 1. The molecule has 1 aliphatic rings. The fraction of sp³-hybridized carbons (Fsp3) is 0.438. The van der Waals surface area contributed by atoms with Gasteiger partial charge in [0.1, 0.15) is 11.4 Å². The number of fused-ring (bicyclic) bond motifs is 1. The van der Waals surface area contributed by atoms with Crippen molar-refractivity contribution < 1.29 is 13.6 Å². The van der Waals surface area contributed by atoms with E-state index in [-0.39, 0.29) is 17.5 Å². The number of nitrogens with one attached hydrogen (secondary N) is 1. The van der Waals surface area contributed by atoms with E-state index in [9.17, 15) is 9.18 Å². The standard InChI is InChI=1S/C16H18FNO2/c1-10(2)16(5-6-18-9-16)15(19)14-8-11-7-12(17)3-4-13(11)20-14/h3-4,7-8,10,18H,5-6,9H2,1-2H3. The molecule has 0 radical (unpaired) electrons. The third kappa shape index (κ3) is 1.95. The number of hydrogen-bond donors (Lipinski definition) is 1. The molecule has 2 aromatic rings. The van der Waals surface area contributed by atoms with Crippen LogP contribution in [-0.2, 0) is 0 Å². The van der Waals surface area contributed by atoms with E-state index >= 15 is 0 Å². The summed E-state index contributed by atoms with van der Waals surface area (Å²) in [4.78, 5) is 12.8. The summed E-state index contributed by atoms with van der Waals surface area (Å²) >= 11 is 0. The van der Waals surface area contributed by atoms with Crippen molar-refractivity contribution in [3.05, 3.63) is 35.8 Å². The van der Waals surface area contributed by atoms with Gasteiger partial charge < -0.3 is 9.73 Å². The van der Waals surface area contributed by atoms with Gasteiger partial charge >= 0.3 is 0 Å². The molecule has 1 atom stereocenters. The van der Waals surface area contributed by atoms with Crippen LogP contribution >= 0.6 is 0 Å². The maximum Gasteiger partial charge on any atom is 0.205 e. The maximum absolute atomic E-state index is 13.2. The molecule has 1 unspecified atom stereocenters. The molecule has 1 aromatic heterocycles. The SMILES string of the molecule is CC(C)C1(C(=O)c2cc3cc(F)ccc3o2)CCNC1. The number of halogens is 1. The summed E-state index contributed by atoms with van der Waals surface area (Å²) < 4.78 is 18.8. The van der Waals surface area contributed by atoms with E-state index in [0.717, 1.165) is 13.0 Å². The first-order chi connectivity index (χ1) is 9.53. The molecule has 1 aliphatic heterocycles. The quantitative estimate of drug-likeness (QED) is 0.873. The van der Waals surface area contributed by atoms with Crippen molar-refractivity contribution in [2.45, 2.75) is 20.3 Å². The Morgan fingerprint density at radius 3 is 2.85 bits per heavy atom. The van der Waals surface area contributed by atoms with E-state index in [4.69, 9.17) is 4.42 Å². The molecule has 0 spiro atoms. The molecule has 0 amide bonds. The summed E-state index contributed by atoms with van der Waals surface area (Å²) in [6.07, 6.45) is 0.814. The van der Waals surface area contributed by atoms with E-state index in [1.807, 2.05) is 0 Å². The molecule has 1 N–H and O–H groups in total. The Bertz CT molecular complexity index is 654. The van der Waals surface area contributed by atoms with Gasteiger partial charge in [0, 0.05) is 11.9 Å². The van der Waals surface area contributed by atoms with E-state index in [1.165, 1.54) is 12.1 Å². The highest BCUT2D eigenvalue weighted by atomic mass is 19.1. The van der Waals surface area contributed by atoms with Crippen LogP contribution in [0.15, 0.2) is 28.7 Å². The van der Waals surface area contributed by atoms with Crippen LogP contribution in [0.25, 0.3) is 11.0 Å². The Morgan fingerprint density at radius 2 is 2.20 bits per heavy atom. The number of rotatable bonds is 3. The lowest BCUT2D eigenvalue weighted by atomic mass is 9.72. The Hall–Kier alpha value is -1.68. The highest BCUT2D eigenvalue weighted by Gasteiger charge is 2.45. The van der Waals surface area contributed by atoms with Crippen LogP contribution in [-0.4, -0.2) is 18.9 Å². The minimum atomic E-state index is -0.410. The normalized spacial score (nSPS) is 22.8. The van der Waals surface area contributed by atoms with Gasteiger partial charge in [0.15, 0.2) is 5.76 Å². The summed E-state index contributed by atoms with van der Waals surface area (Å²) in [7, 11) is 0. The summed E-state index contributed by atoms with van der Waals surface area (Å²) in [5.74, 6) is 0.269. The van der Waals surface area contributed by atoms with Gasteiger partial charge in [0.25, 0.3) is 0 Å². The van der Waals surface area contributed by atoms with E-state index < -0.39 is 5.41 Å². The lowest BCUT2D eigenvalue weighted by Gasteiger charge is -2.29. The van der Waals surface area contributed by atoms with Crippen LogP contribution in [0.4, 0.5) is 4.39 Å². The lowest BCUT2D eigenvalue weighted by molar-refractivity contribution is 0.0711. The van der Waals surface area contributed by atoms with Gasteiger partial charge in [-0.25, -0.2) is 4.39 Å². The molecular formula is C16H18FNO2. The predicted octanol–water partition coefficient (Wildman–Crippen LogP) is 3.39. The van der Waals surface area contributed by atoms with Crippen molar-refractivity contribution in [3.8, 4) is 0 Å². The second-order valence-corrected chi connectivity index (χ2v) is 5.86. The van der Waals surface area contributed by atoms with Crippen molar-refractivity contribution in [2.24, 2.45) is 11.3 Å². The van der Waals surface area contributed by atoms with Crippen molar-refractivity contribution in [1.82, 2.24) is 5.32 Å². The van der Waals surface area contributed by atoms with Gasteiger partial charge in [0.2, 0.25) is 5.78 Å². The van der Waals surface area contributed by atoms with Gasteiger partial charge in [-0.3, -0.25) is 4.79 Å². The van der Waals surface area contributed by atoms with Crippen LogP contribution in [0.1, 0.15) is 30.8 Å². The van der Waals surface area contributed by atoms with Crippen molar-refractivity contribution in [1.29, 1.82) is 0 Å². The summed E-state index contributed by atoms with van der Waals surface area (Å²) in [5, 5.41) is 3.90. The van der Waals surface area contributed by atoms with Crippen LogP contribution in [0.5, 0.6) is 0 Å². The maximum atomic E-state index is 13.2. The predicted molar refractivity (Wildman–Crippen MR) is 75.3 cm³/mol. The smallest absolute Gasteiger partial charge is 0.205 e. The minimum absolute atomic E-state index is 0.0223. The molecule has 0 saturated carbocycles. The average molecular weight is 275 g/mol. The van der Waals surface area contributed by atoms with Gasteiger partial charge in [-0.15, -0.1) is 0 Å². The molecule has 3 rings (SSSR count). The molecule has 20 heavy (non-hydrogen) atoms. The molecule has 4 heteroatoms. The third-order valence-electron chi connectivity index (χ3n) is 4.45. The molecule has 1 saturated heterocycles. The zero-order valence-corrected chi connectivity index (χ0v) is 11.7. The molecule has 2 heterocycles. The first-order valence-electron chi connectivity index (χ1n) is 6.97. The van der Waals surface area contributed by atoms with E-state index in [1.54, 1.807) is 12.1 Å². The van der Waals surface area contributed by atoms with Crippen LogP contribution in [0, 0.1) is 17.2 Å². The third-order valence-corrected chi connectivity index (χ3v) is 4.45. The molecule has 3 nitrogen and oxygen atoms in total. The van der Waals surface area contributed by atoms with E-state index in [0.29, 0.717) is 23.3 Å². The lowest BCUT2D eigenvalue weighted by Crippen LogP contribution is -2.38. The Balaban J connectivity index is 2.03. The van der Waals surface area contributed by atoms with Gasteiger partial charge in [-0.1, -0.05) is 13.8 Å². The zero-order chi connectivity index (χ0) is 14.3. The van der Waals surface area contributed by atoms with Crippen molar-refractivity contribution >= 4 is 16.8 Å². The Labute approximate surface area is 117 Å². The fourth-order valence-electron chi connectivity index (χ4n) is 3.03. The molecule has 1 aromatic carbocycles. The Morgan fingerprint density at radius 1 is 1.40 bits per heavy atom. The summed E-state index contributed by atoms with van der Waals surface area (Å²) in [6, 6.07) is 5.96. The number of furan rings is 1. The highest BCUT2D eigenvalue weighted by Crippen LogP contribution is 2.38. The first-order valence-corrected chi connectivity index (χ1v) is 6.97. The molecule has 0 bridgehead atoms. The number of benzene rings is 1. The monoisotopic (exact) mass is 275 g/mol. The molecule has 106 valence electrons. The van der Waals surface area contributed by atoms with Gasteiger partial charge in [-0.2, -0.15) is 0 Å². The van der Waals surface area contributed by atoms with Crippen molar-refractivity contribution in [2.75, 3.05) is 13.1 Å². The fourth-order valence-corrected chi connectivity index (χ4v) is 3.03. The Kier molecular flexibility index (Phi) is 3.13. The molecule has 0 aliphatic carbocycles. The highest BCUT2D eigenvalue weighted by molar-refractivity contribution is 6.01. The molecule has 1 fully saturated rings. The zero-order valence-electron chi connectivity index (χ0n) is 11.7. The number of hydrogen-bond acceptors (Lipinski definition) is 3. The summed E-state index contributed by atoms with van der Waals surface area (Å²) in [5.41, 5.74) is 0.145. The van der Waals surface area contributed by atoms with Crippen molar-refractivity contribution in [3.63, 3.8) is 0 Å². The number of ketones is 1. The van der Waals surface area contributed by atoms with Crippen LogP contribution < -0.4 is 5.32 Å². The minimum Gasteiger partial charge on any atom is -0.453 e. The number of Topliss-reactive ketones (excluding diaryl/α,β-unsaturated/α-hetero) is 1. The second kappa shape index (κ2) is 4.70. The van der Waals surface area contributed by atoms with Gasteiger partial charge in [-0.05, 0) is 43.1 Å². The largest absolute Gasteiger partial charge is 0.453 e. The van der Waals surface area contributed by atoms with Gasteiger partial charge in [0.05, 0.1) is 5.41 Å². The van der Waals surface area contributed by atoms with Crippen LogP contribution in [0.2, 0.25) is 0 Å².